The van der Waals surface area contributed by atoms with Crippen molar-refractivity contribution in [3.63, 3.8) is 0 Å². The van der Waals surface area contributed by atoms with Crippen molar-refractivity contribution in [3.05, 3.63) is 52.1 Å². The Morgan fingerprint density at radius 2 is 2.13 bits per heavy atom. The molecule has 0 saturated heterocycles. The van der Waals surface area contributed by atoms with Crippen LogP contribution in [0.3, 0.4) is 0 Å². The molecule has 0 spiro atoms. The number of aromatic amines is 1. The van der Waals surface area contributed by atoms with Gasteiger partial charge in [-0.25, -0.2) is 0 Å². The van der Waals surface area contributed by atoms with Crippen LogP contribution in [0.4, 0.5) is 0 Å². The van der Waals surface area contributed by atoms with Gasteiger partial charge >= 0.3 is 0 Å². The third-order valence-electron chi connectivity index (χ3n) is 2.61. The van der Waals surface area contributed by atoms with Gasteiger partial charge in [-0.3, -0.25) is 9.78 Å². The molecule has 4 heteroatoms. The molecule has 3 rings (SSSR count). The molecular formula is C11H8N2O2. The molecule has 1 aliphatic carbocycles. The highest BCUT2D eigenvalue weighted by Crippen LogP contribution is 2.39. The van der Waals surface area contributed by atoms with E-state index in [1.807, 2.05) is 24.3 Å². The minimum Gasteiger partial charge on any atom is -0.382 e. The van der Waals surface area contributed by atoms with Gasteiger partial charge in [0.1, 0.15) is 6.10 Å². The molecule has 2 N–H and O–H groups in total. The normalized spacial score (nSPS) is 17.3. The molecule has 1 aromatic carbocycles. The maximum atomic E-state index is 11.1. The molecule has 0 bridgehead atoms. The number of aromatic nitrogens is 2. The number of nitrogens with zero attached hydrogens (tertiary/aromatic N) is 1. The fraction of sp³-hybridized carbons (Fsp3) is 0.0909. The lowest BCUT2D eigenvalue weighted by atomic mass is 10.1. The van der Waals surface area contributed by atoms with Crippen LogP contribution in [-0.4, -0.2) is 15.1 Å². The quantitative estimate of drug-likeness (QED) is 0.662. The van der Waals surface area contributed by atoms with Crippen molar-refractivity contribution in [2.45, 2.75) is 6.10 Å². The summed E-state index contributed by atoms with van der Waals surface area (Å²) in [6.45, 7) is 0. The lowest BCUT2D eigenvalue weighted by Gasteiger charge is -2.02. The van der Waals surface area contributed by atoms with E-state index in [2.05, 4.69) is 9.97 Å². The molecule has 0 saturated carbocycles. The molecule has 0 radical (unpaired) electrons. The van der Waals surface area contributed by atoms with Gasteiger partial charge in [0, 0.05) is 5.56 Å². The maximum Gasteiger partial charge on any atom is 0.266 e. The summed E-state index contributed by atoms with van der Waals surface area (Å²) in [5.41, 5.74) is 2.55. The Morgan fingerprint density at radius 3 is 3.00 bits per heavy atom. The minimum atomic E-state index is -0.729. The van der Waals surface area contributed by atoms with Crippen LogP contribution in [0, 0.1) is 0 Å². The zero-order valence-electron chi connectivity index (χ0n) is 7.77. The zero-order chi connectivity index (χ0) is 10.4. The second kappa shape index (κ2) is 2.77. The first-order chi connectivity index (χ1) is 7.27. The van der Waals surface area contributed by atoms with Crippen LogP contribution in [0.5, 0.6) is 0 Å². The number of fused-ring (bicyclic) bond motifs is 3. The van der Waals surface area contributed by atoms with Gasteiger partial charge in [0.2, 0.25) is 0 Å². The van der Waals surface area contributed by atoms with Gasteiger partial charge in [-0.1, -0.05) is 24.3 Å². The van der Waals surface area contributed by atoms with Crippen LogP contribution in [0.1, 0.15) is 17.4 Å². The zero-order valence-corrected chi connectivity index (χ0v) is 7.77. The lowest BCUT2D eigenvalue weighted by molar-refractivity contribution is 0.220. The van der Waals surface area contributed by atoms with Crippen molar-refractivity contribution in [2.24, 2.45) is 0 Å². The van der Waals surface area contributed by atoms with Crippen molar-refractivity contribution in [3.8, 4) is 11.3 Å². The lowest BCUT2D eigenvalue weighted by Crippen LogP contribution is -2.08. The molecule has 1 atom stereocenters. The van der Waals surface area contributed by atoms with E-state index in [0.717, 1.165) is 11.1 Å². The Morgan fingerprint density at radius 1 is 1.33 bits per heavy atom. The third-order valence-corrected chi connectivity index (χ3v) is 2.61. The third kappa shape index (κ3) is 1.05. The number of rotatable bonds is 0. The van der Waals surface area contributed by atoms with Crippen LogP contribution in [0.15, 0.2) is 35.3 Å². The van der Waals surface area contributed by atoms with Crippen molar-refractivity contribution in [1.82, 2.24) is 9.97 Å². The van der Waals surface area contributed by atoms with Gasteiger partial charge in [0.15, 0.2) is 0 Å². The molecule has 1 aliphatic rings. The van der Waals surface area contributed by atoms with Crippen LogP contribution in [0.2, 0.25) is 0 Å². The number of hydrogen-bond acceptors (Lipinski definition) is 3. The van der Waals surface area contributed by atoms with Crippen molar-refractivity contribution in [2.75, 3.05) is 0 Å². The van der Waals surface area contributed by atoms with Gasteiger partial charge < -0.3 is 10.1 Å². The number of nitrogens with one attached hydrogen (secondary N) is 1. The van der Waals surface area contributed by atoms with Gasteiger partial charge in [-0.15, -0.1) is 0 Å². The first kappa shape index (κ1) is 8.38. The van der Waals surface area contributed by atoms with E-state index in [-0.39, 0.29) is 5.56 Å². The van der Waals surface area contributed by atoms with E-state index >= 15 is 0 Å². The Kier molecular flexibility index (Phi) is 1.55. The molecule has 0 amide bonds. The number of hydrogen-bond donors (Lipinski definition) is 2. The molecule has 1 unspecified atom stereocenters. The number of aliphatic hydroxyl groups excluding tert-OH is 1. The summed E-state index contributed by atoms with van der Waals surface area (Å²) in [5, 5.41) is 9.94. The SMILES string of the molecule is O=c1cnc2c([nH]1)-c1ccccc1C2O. The summed E-state index contributed by atoms with van der Waals surface area (Å²) in [5.74, 6) is 0. The van der Waals surface area contributed by atoms with Crippen molar-refractivity contribution >= 4 is 0 Å². The summed E-state index contributed by atoms with van der Waals surface area (Å²) in [6.07, 6.45) is 0.460. The van der Waals surface area contributed by atoms with E-state index in [0.29, 0.717) is 11.4 Å². The number of aliphatic hydroxyl groups is 1. The molecule has 74 valence electrons. The van der Waals surface area contributed by atoms with Gasteiger partial charge in [0.25, 0.3) is 5.56 Å². The molecule has 0 fully saturated rings. The first-order valence-electron chi connectivity index (χ1n) is 4.64. The van der Waals surface area contributed by atoms with Gasteiger partial charge in [0.05, 0.1) is 17.6 Å². The summed E-state index contributed by atoms with van der Waals surface area (Å²) >= 11 is 0. The molecular weight excluding hydrogens is 192 g/mol. The summed E-state index contributed by atoms with van der Waals surface area (Å²) in [6, 6.07) is 7.42. The molecule has 4 nitrogen and oxygen atoms in total. The highest BCUT2D eigenvalue weighted by molar-refractivity contribution is 5.73. The Hall–Kier alpha value is -1.94. The fourth-order valence-corrected chi connectivity index (χ4v) is 1.94. The Balaban J connectivity index is 2.39. The van der Waals surface area contributed by atoms with Crippen LogP contribution in [-0.2, 0) is 0 Å². The standard InChI is InChI=1S/C11H8N2O2/c14-8-5-12-10-9(13-8)6-3-1-2-4-7(6)11(10)15/h1-5,11,15H,(H,13,14). The summed E-state index contributed by atoms with van der Waals surface area (Å²) < 4.78 is 0. The molecule has 1 heterocycles. The van der Waals surface area contributed by atoms with Crippen LogP contribution in [0.25, 0.3) is 11.3 Å². The predicted molar refractivity (Wildman–Crippen MR) is 54.4 cm³/mol. The van der Waals surface area contributed by atoms with Gasteiger partial charge in [-0.2, -0.15) is 0 Å². The topological polar surface area (TPSA) is 66.0 Å². The summed E-state index contributed by atoms with van der Waals surface area (Å²) in [4.78, 5) is 17.8. The Labute approximate surface area is 85.2 Å². The highest BCUT2D eigenvalue weighted by atomic mass is 16.3. The van der Waals surface area contributed by atoms with E-state index in [4.69, 9.17) is 0 Å². The number of benzene rings is 1. The second-order valence-electron chi connectivity index (χ2n) is 3.50. The maximum absolute atomic E-state index is 11.1. The van der Waals surface area contributed by atoms with Gasteiger partial charge in [-0.05, 0) is 5.56 Å². The monoisotopic (exact) mass is 200 g/mol. The second-order valence-corrected chi connectivity index (χ2v) is 3.50. The van der Waals surface area contributed by atoms with Crippen LogP contribution < -0.4 is 5.56 Å². The fourth-order valence-electron chi connectivity index (χ4n) is 1.94. The smallest absolute Gasteiger partial charge is 0.266 e. The predicted octanol–water partition coefficient (Wildman–Crippen LogP) is 0.832. The average Bonchev–Trinajstić information content (AvgIpc) is 2.54. The number of H-pyrrole nitrogens is 1. The van der Waals surface area contributed by atoms with Crippen LogP contribution >= 0.6 is 0 Å². The van der Waals surface area contributed by atoms with E-state index in [1.54, 1.807) is 0 Å². The average molecular weight is 200 g/mol. The molecule has 0 aliphatic heterocycles. The van der Waals surface area contributed by atoms with E-state index in [9.17, 15) is 9.90 Å². The highest BCUT2D eigenvalue weighted by Gasteiger charge is 2.28. The van der Waals surface area contributed by atoms with Crippen molar-refractivity contribution in [1.29, 1.82) is 0 Å². The molecule has 1 aromatic heterocycles. The first-order valence-corrected chi connectivity index (χ1v) is 4.64. The minimum absolute atomic E-state index is 0.252. The van der Waals surface area contributed by atoms with Crippen molar-refractivity contribution < 1.29 is 5.11 Å². The van der Waals surface area contributed by atoms with E-state index in [1.165, 1.54) is 6.20 Å². The Bertz CT molecular complexity index is 589. The summed E-state index contributed by atoms with van der Waals surface area (Å²) in [7, 11) is 0. The molecule has 2 aromatic rings. The molecule has 15 heavy (non-hydrogen) atoms. The van der Waals surface area contributed by atoms with E-state index < -0.39 is 6.10 Å². The largest absolute Gasteiger partial charge is 0.382 e.